The van der Waals surface area contributed by atoms with Crippen molar-refractivity contribution in [3.63, 3.8) is 0 Å². The molecule has 0 amide bonds. The zero-order valence-corrected chi connectivity index (χ0v) is 14.2. The van der Waals surface area contributed by atoms with Crippen LogP contribution in [0.2, 0.25) is 5.02 Å². The van der Waals surface area contributed by atoms with Crippen LogP contribution in [0.15, 0.2) is 23.1 Å². The monoisotopic (exact) mass is 354 g/mol. The lowest BCUT2D eigenvalue weighted by molar-refractivity contribution is -0.0281. The molecule has 0 spiro atoms. The number of benzene rings is 1. The number of halogens is 2. The van der Waals surface area contributed by atoms with Crippen molar-refractivity contribution in [2.75, 3.05) is 13.2 Å². The molecule has 0 saturated heterocycles. The fourth-order valence-electron chi connectivity index (χ4n) is 1.38. The predicted octanol–water partition coefficient (Wildman–Crippen LogP) is 3.24. The van der Waals surface area contributed by atoms with E-state index in [0.717, 1.165) is 6.07 Å². The van der Waals surface area contributed by atoms with Crippen LogP contribution in [0.4, 0.5) is 0 Å². The van der Waals surface area contributed by atoms with Crippen LogP contribution in [0.25, 0.3) is 0 Å². The molecule has 0 heterocycles. The van der Waals surface area contributed by atoms with Crippen LogP contribution in [-0.2, 0) is 18.5 Å². The third kappa shape index (κ3) is 6.22. The molecule has 0 aliphatic carbocycles. The molecule has 21 heavy (non-hydrogen) atoms. The van der Waals surface area contributed by atoms with Crippen LogP contribution < -0.4 is 0 Å². The van der Waals surface area contributed by atoms with Crippen molar-refractivity contribution in [1.29, 1.82) is 0 Å². The molecule has 0 radical (unpaired) electrons. The first kappa shape index (κ1) is 18.2. The Hall–Kier alpha value is -0.820. The Morgan fingerprint density at radius 2 is 1.86 bits per heavy atom. The molecule has 118 valence electrons. The maximum Gasteiger partial charge on any atom is 0.338 e. The third-order valence-corrected chi connectivity index (χ3v) is 4.08. The first-order valence-corrected chi connectivity index (χ1v) is 8.75. The van der Waals surface area contributed by atoms with E-state index < -0.39 is 15.0 Å². The molecule has 5 nitrogen and oxygen atoms in total. The lowest BCUT2D eigenvalue weighted by Gasteiger charge is -2.19. The predicted molar refractivity (Wildman–Crippen MR) is 80.5 cm³/mol. The lowest BCUT2D eigenvalue weighted by Crippen LogP contribution is -2.22. The SMILES string of the molecule is CC(C)(C)OCCOC(=O)c1ccc(Cl)c(S(=O)(=O)Cl)c1. The maximum absolute atomic E-state index is 11.8. The second-order valence-corrected chi connectivity index (χ2v) is 8.12. The highest BCUT2D eigenvalue weighted by Crippen LogP contribution is 2.26. The summed E-state index contributed by atoms with van der Waals surface area (Å²) in [7, 11) is 1.21. The van der Waals surface area contributed by atoms with Gasteiger partial charge in [-0.25, -0.2) is 13.2 Å². The average molecular weight is 355 g/mol. The van der Waals surface area contributed by atoms with E-state index in [1.807, 2.05) is 20.8 Å². The van der Waals surface area contributed by atoms with Gasteiger partial charge >= 0.3 is 5.97 Å². The molecule has 1 aromatic rings. The molecule has 0 unspecified atom stereocenters. The second kappa shape index (κ2) is 6.96. The minimum atomic E-state index is -4.03. The van der Waals surface area contributed by atoms with Crippen molar-refractivity contribution >= 4 is 37.3 Å². The Bertz CT molecular complexity index is 620. The summed E-state index contributed by atoms with van der Waals surface area (Å²) in [4.78, 5) is 11.5. The Kier molecular flexibility index (Phi) is 6.04. The van der Waals surface area contributed by atoms with Crippen molar-refractivity contribution in [2.24, 2.45) is 0 Å². The van der Waals surface area contributed by atoms with Gasteiger partial charge in [-0.15, -0.1) is 0 Å². The molecule has 0 atom stereocenters. The molecule has 0 N–H and O–H groups in total. The smallest absolute Gasteiger partial charge is 0.338 e. The summed E-state index contributed by atoms with van der Waals surface area (Å²) < 4.78 is 33.0. The van der Waals surface area contributed by atoms with Gasteiger partial charge < -0.3 is 9.47 Å². The minimum absolute atomic E-state index is 0.0504. The van der Waals surface area contributed by atoms with Gasteiger partial charge in [-0.2, -0.15) is 0 Å². The Balaban J connectivity index is 2.72. The molecule has 0 aliphatic rings. The number of rotatable bonds is 5. The van der Waals surface area contributed by atoms with E-state index in [1.54, 1.807) is 0 Å². The van der Waals surface area contributed by atoms with Gasteiger partial charge in [0.15, 0.2) is 0 Å². The molecule has 0 aliphatic heterocycles. The number of hydrogen-bond donors (Lipinski definition) is 0. The van der Waals surface area contributed by atoms with Gasteiger partial charge in [0, 0.05) is 10.7 Å². The zero-order valence-electron chi connectivity index (χ0n) is 11.9. The van der Waals surface area contributed by atoms with Crippen molar-refractivity contribution < 1.29 is 22.7 Å². The van der Waals surface area contributed by atoms with Gasteiger partial charge in [0.25, 0.3) is 9.05 Å². The van der Waals surface area contributed by atoms with Crippen molar-refractivity contribution in [1.82, 2.24) is 0 Å². The summed E-state index contributed by atoms with van der Waals surface area (Å²) in [6.07, 6.45) is 0. The van der Waals surface area contributed by atoms with Crippen LogP contribution in [0, 0.1) is 0 Å². The van der Waals surface area contributed by atoms with Crippen LogP contribution in [0.1, 0.15) is 31.1 Å². The summed E-state index contributed by atoms with van der Waals surface area (Å²) in [5.41, 5.74) is -0.276. The topological polar surface area (TPSA) is 69.7 Å². The van der Waals surface area contributed by atoms with Gasteiger partial charge in [0.05, 0.1) is 22.8 Å². The summed E-state index contributed by atoms with van der Waals surface area (Å²) in [6, 6.07) is 3.72. The van der Waals surface area contributed by atoms with E-state index in [9.17, 15) is 13.2 Å². The minimum Gasteiger partial charge on any atom is -0.460 e. The van der Waals surface area contributed by atoms with E-state index in [0.29, 0.717) is 0 Å². The number of esters is 1. The highest BCUT2D eigenvalue weighted by Gasteiger charge is 2.18. The van der Waals surface area contributed by atoms with E-state index in [-0.39, 0.29) is 34.3 Å². The second-order valence-electron chi connectivity index (χ2n) is 5.18. The van der Waals surface area contributed by atoms with Gasteiger partial charge in [-0.3, -0.25) is 0 Å². The lowest BCUT2D eigenvalue weighted by atomic mass is 10.2. The summed E-state index contributed by atoms with van der Waals surface area (Å²) in [6.45, 7) is 5.94. The van der Waals surface area contributed by atoms with Crippen molar-refractivity contribution in [2.45, 2.75) is 31.3 Å². The quantitative estimate of drug-likeness (QED) is 0.461. The maximum atomic E-state index is 11.8. The van der Waals surface area contributed by atoms with Crippen LogP contribution in [-0.4, -0.2) is 33.2 Å². The molecular formula is C13H16Cl2O5S. The largest absolute Gasteiger partial charge is 0.460 e. The molecule has 1 aromatic carbocycles. The van der Waals surface area contributed by atoms with E-state index in [4.69, 9.17) is 31.8 Å². The Morgan fingerprint density at radius 1 is 1.24 bits per heavy atom. The van der Waals surface area contributed by atoms with E-state index in [1.165, 1.54) is 12.1 Å². The molecule has 0 bridgehead atoms. The number of ether oxygens (including phenoxy) is 2. The fourth-order valence-corrected chi connectivity index (χ4v) is 2.88. The number of carbonyl (C=O) groups is 1. The number of hydrogen-bond acceptors (Lipinski definition) is 5. The Labute approximate surface area is 133 Å². The molecule has 0 aromatic heterocycles. The standard InChI is InChI=1S/C13H16Cl2O5S/c1-13(2,3)20-7-6-19-12(16)9-4-5-10(14)11(8-9)21(15,17)18/h4-5,8H,6-7H2,1-3H3. The fraction of sp³-hybridized carbons (Fsp3) is 0.462. The Morgan fingerprint density at radius 3 is 2.38 bits per heavy atom. The molecular weight excluding hydrogens is 339 g/mol. The van der Waals surface area contributed by atoms with Crippen LogP contribution >= 0.6 is 22.3 Å². The van der Waals surface area contributed by atoms with E-state index >= 15 is 0 Å². The molecule has 8 heteroatoms. The third-order valence-electron chi connectivity index (χ3n) is 2.28. The van der Waals surface area contributed by atoms with E-state index in [2.05, 4.69) is 0 Å². The molecule has 1 rings (SSSR count). The highest BCUT2D eigenvalue weighted by molar-refractivity contribution is 8.13. The summed E-state index contributed by atoms with van der Waals surface area (Å²) in [5.74, 6) is -0.675. The average Bonchev–Trinajstić information content (AvgIpc) is 2.32. The normalized spacial score (nSPS) is 12.2. The number of carbonyl (C=O) groups excluding carboxylic acids is 1. The molecule has 0 fully saturated rings. The summed E-state index contributed by atoms with van der Waals surface area (Å²) in [5, 5.41) is -0.0578. The van der Waals surface area contributed by atoms with Crippen LogP contribution in [0.5, 0.6) is 0 Å². The van der Waals surface area contributed by atoms with Crippen molar-refractivity contribution in [3.8, 4) is 0 Å². The van der Waals surface area contributed by atoms with Gasteiger partial charge in [0.1, 0.15) is 11.5 Å². The van der Waals surface area contributed by atoms with Gasteiger partial charge in [-0.05, 0) is 39.0 Å². The highest BCUT2D eigenvalue weighted by atomic mass is 35.7. The molecule has 0 saturated carbocycles. The summed E-state index contributed by atoms with van der Waals surface area (Å²) >= 11 is 5.73. The first-order chi connectivity index (χ1) is 9.50. The zero-order chi connectivity index (χ0) is 16.3. The van der Waals surface area contributed by atoms with Gasteiger partial charge in [0.2, 0.25) is 0 Å². The van der Waals surface area contributed by atoms with Crippen LogP contribution in [0.3, 0.4) is 0 Å². The van der Waals surface area contributed by atoms with Gasteiger partial charge in [-0.1, -0.05) is 11.6 Å². The van der Waals surface area contributed by atoms with Crippen molar-refractivity contribution in [3.05, 3.63) is 28.8 Å². The first-order valence-electron chi connectivity index (χ1n) is 6.06.